The third kappa shape index (κ3) is 5.20. The van der Waals surface area contributed by atoms with E-state index in [0.717, 1.165) is 22.4 Å². The van der Waals surface area contributed by atoms with E-state index in [2.05, 4.69) is 36.5 Å². The summed E-state index contributed by atoms with van der Waals surface area (Å²) in [5.41, 5.74) is 3.79. The smallest absolute Gasteiger partial charge is 0.294 e. The van der Waals surface area contributed by atoms with Crippen LogP contribution in [0.3, 0.4) is 0 Å². The Hall–Kier alpha value is -3.87. The minimum absolute atomic E-state index is 0.00203. The largest absolute Gasteiger partial charge is 0.469 e. The van der Waals surface area contributed by atoms with Gasteiger partial charge in [-0.3, -0.25) is 14.2 Å². The third-order valence-electron chi connectivity index (χ3n) is 6.94. The number of anilines is 1. The molecule has 1 fully saturated rings. The average Bonchev–Trinajstić information content (AvgIpc) is 3.39. The number of para-hydroxylation sites is 2. The third-order valence-corrected chi connectivity index (χ3v) is 6.94. The Bertz CT molecular complexity index is 1380. The van der Waals surface area contributed by atoms with E-state index < -0.39 is 0 Å². The summed E-state index contributed by atoms with van der Waals surface area (Å²) in [5, 5.41) is 3.12. The molecule has 0 spiro atoms. The predicted molar refractivity (Wildman–Crippen MR) is 141 cm³/mol. The molecule has 1 aliphatic rings. The lowest BCUT2D eigenvalue weighted by Crippen LogP contribution is -2.45. The van der Waals surface area contributed by atoms with Gasteiger partial charge in [0.2, 0.25) is 5.91 Å². The van der Waals surface area contributed by atoms with E-state index >= 15 is 0 Å². The highest BCUT2D eigenvalue weighted by molar-refractivity contribution is 5.79. The number of carbonyl (C=O) groups excluding carboxylic acids is 1. The van der Waals surface area contributed by atoms with Crippen molar-refractivity contribution in [3.8, 4) is 0 Å². The first-order valence-corrected chi connectivity index (χ1v) is 12.6. The molecule has 4 aromatic rings. The minimum Gasteiger partial charge on any atom is -0.469 e. The molecule has 7 nitrogen and oxygen atoms in total. The number of fused-ring (bicyclic) bond motifs is 1. The number of aromatic nitrogens is 2. The summed E-state index contributed by atoms with van der Waals surface area (Å²) in [6.45, 7) is 5.78. The van der Waals surface area contributed by atoms with Crippen LogP contribution in [-0.4, -0.2) is 34.6 Å². The fraction of sp³-hybridized carbons (Fsp3) is 0.345. The number of amides is 1. The van der Waals surface area contributed by atoms with E-state index in [-0.39, 0.29) is 23.4 Å². The molecule has 3 heterocycles. The Morgan fingerprint density at radius 2 is 1.83 bits per heavy atom. The van der Waals surface area contributed by atoms with Crippen molar-refractivity contribution in [2.24, 2.45) is 5.92 Å². The van der Waals surface area contributed by atoms with Gasteiger partial charge in [0.25, 0.3) is 5.56 Å². The minimum atomic E-state index is -0.0933. The van der Waals surface area contributed by atoms with Crippen LogP contribution in [0, 0.1) is 12.8 Å². The monoisotopic (exact) mass is 484 g/mol. The zero-order valence-corrected chi connectivity index (χ0v) is 20.8. The SMILES string of the molecule is Cc1ccc(Cn2c(=O)c(N3CCC(C(=O)N[C@@H](C)Cc4ccco4)CC3)nc3ccccc32)cc1. The number of benzene rings is 2. The van der Waals surface area contributed by atoms with Gasteiger partial charge in [-0.15, -0.1) is 0 Å². The molecule has 0 unspecified atom stereocenters. The molecule has 1 N–H and O–H groups in total. The van der Waals surface area contributed by atoms with E-state index in [1.807, 2.05) is 52.8 Å². The van der Waals surface area contributed by atoms with E-state index in [1.165, 1.54) is 5.56 Å². The van der Waals surface area contributed by atoms with E-state index in [9.17, 15) is 9.59 Å². The van der Waals surface area contributed by atoms with Gasteiger partial charge in [0, 0.05) is 31.5 Å². The summed E-state index contributed by atoms with van der Waals surface area (Å²) >= 11 is 0. The number of furan rings is 1. The average molecular weight is 485 g/mol. The Kier molecular flexibility index (Phi) is 6.89. The summed E-state index contributed by atoms with van der Waals surface area (Å²) in [6.07, 6.45) is 3.69. The second kappa shape index (κ2) is 10.4. The van der Waals surface area contributed by atoms with Gasteiger partial charge in [-0.2, -0.15) is 0 Å². The first kappa shape index (κ1) is 23.9. The fourth-order valence-corrected chi connectivity index (χ4v) is 4.91. The maximum Gasteiger partial charge on any atom is 0.294 e. The number of aryl methyl sites for hydroxylation is 1. The van der Waals surface area contributed by atoms with Crippen LogP contribution in [0.15, 0.2) is 76.1 Å². The van der Waals surface area contributed by atoms with Crippen molar-refractivity contribution in [3.05, 3.63) is 94.2 Å². The van der Waals surface area contributed by atoms with Crippen LogP contribution in [0.1, 0.15) is 36.7 Å². The lowest BCUT2D eigenvalue weighted by Gasteiger charge is -2.32. The maximum absolute atomic E-state index is 13.6. The van der Waals surface area contributed by atoms with E-state index in [4.69, 9.17) is 9.40 Å². The van der Waals surface area contributed by atoms with Crippen molar-refractivity contribution in [1.29, 1.82) is 0 Å². The van der Waals surface area contributed by atoms with Crippen molar-refractivity contribution in [2.45, 2.75) is 45.7 Å². The van der Waals surface area contributed by atoms with Crippen molar-refractivity contribution in [3.63, 3.8) is 0 Å². The standard InChI is InChI=1S/C29H32N4O3/c1-20-9-11-22(12-10-20)19-33-26-8-4-3-7-25(26)31-27(29(33)35)32-15-13-23(14-16-32)28(34)30-21(2)18-24-6-5-17-36-24/h3-12,17,21,23H,13-16,18-19H2,1-2H3,(H,30,34)/t21-/m0/s1. The van der Waals surface area contributed by atoms with E-state index in [1.54, 1.807) is 6.26 Å². The Labute approximate surface area is 210 Å². The van der Waals surface area contributed by atoms with E-state index in [0.29, 0.717) is 44.7 Å². The summed E-state index contributed by atoms with van der Waals surface area (Å²) in [4.78, 5) is 33.3. The molecule has 1 atom stereocenters. The molecule has 0 bridgehead atoms. The second-order valence-electron chi connectivity index (χ2n) is 9.76. The molecular weight excluding hydrogens is 452 g/mol. The number of rotatable bonds is 7. The zero-order valence-electron chi connectivity index (χ0n) is 20.8. The summed E-state index contributed by atoms with van der Waals surface area (Å²) < 4.78 is 7.21. The molecular formula is C29H32N4O3. The number of carbonyl (C=O) groups is 1. The van der Waals surface area contributed by atoms with Crippen LogP contribution in [0.5, 0.6) is 0 Å². The predicted octanol–water partition coefficient (Wildman–Crippen LogP) is 4.31. The molecule has 5 rings (SSSR count). The highest BCUT2D eigenvalue weighted by atomic mass is 16.3. The molecule has 2 aromatic carbocycles. The Morgan fingerprint density at radius 3 is 2.56 bits per heavy atom. The summed E-state index contributed by atoms with van der Waals surface area (Å²) in [5.74, 6) is 1.32. The van der Waals surface area contributed by atoms with Gasteiger partial charge in [0.1, 0.15) is 5.76 Å². The number of hydrogen-bond donors (Lipinski definition) is 1. The molecule has 36 heavy (non-hydrogen) atoms. The zero-order chi connectivity index (χ0) is 25.1. The quantitative estimate of drug-likeness (QED) is 0.423. The Morgan fingerprint density at radius 1 is 1.08 bits per heavy atom. The van der Waals surface area contributed by atoms with Crippen LogP contribution in [0.4, 0.5) is 5.82 Å². The van der Waals surface area contributed by atoms with Crippen LogP contribution in [0.2, 0.25) is 0 Å². The van der Waals surface area contributed by atoms with Gasteiger partial charge >= 0.3 is 0 Å². The fourth-order valence-electron chi connectivity index (χ4n) is 4.91. The van der Waals surface area contributed by atoms with Gasteiger partial charge in [-0.05, 0) is 56.5 Å². The van der Waals surface area contributed by atoms with Crippen molar-refractivity contribution in [2.75, 3.05) is 18.0 Å². The lowest BCUT2D eigenvalue weighted by molar-refractivity contribution is -0.126. The van der Waals surface area contributed by atoms with Crippen LogP contribution in [-0.2, 0) is 17.8 Å². The molecule has 0 radical (unpaired) electrons. The molecule has 7 heteroatoms. The normalized spacial score (nSPS) is 15.2. The molecule has 0 aliphatic carbocycles. The van der Waals surface area contributed by atoms with Crippen molar-refractivity contribution >= 4 is 22.8 Å². The van der Waals surface area contributed by atoms with Gasteiger partial charge in [-0.25, -0.2) is 4.98 Å². The summed E-state index contributed by atoms with van der Waals surface area (Å²) in [7, 11) is 0. The van der Waals surface area contributed by atoms with Crippen molar-refractivity contribution in [1.82, 2.24) is 14.9 Å². The second-order valence-corrected chi connectivity index (χ2v) is 9.76. The molecule has 0 saturated carbocycles. The topological polar surface area (TPSA) is 80.4 Å². The van der Waals surface area contributed by atoms with Gasteiger partial charge < -0.3 is 14.6 Å². The van der Waals surface area contributed by atoms with Crippen LogP contribution in [0.25, 0.3) is 11.0 Å². The van der Waals surface area contributed by atoms with Crippen LogP contribution < -0.4 is 15.8 Å². The molecule has 1 aliphatic heterocycles. The number of hydrogen-bond acceptors (Lipinski definition) is 5. The summed E-state index contributed by atoms with van der Waals surface area (Å²) in [6, 6.07) is 19.8. The number of nitrogens with zero attached hydrogens (tertiary/aromatic N) is 3. The molecule has 2 aromatic heterocycles. The highest BCUT2D eigenvalue weighted by Gasteiger charge is 2.28. The number of nitrogens with one attached hydrogen (secondary N) is 1. The first-order chi connectivity index (χ1) is 17.5. The van der Waals surface area contributed by atoms with Gasteiger partial charge in [-0.1, -0.05) is 42.0 Å². The Balaban J connectivity index is 1.31. The maximum atomic E-state index is 13.6. The first-order valence-electron chi connectivity index (χ1n) is 12.6. The highest BCUT2D eigenvalue weighted by Crippen LogP contribution is 2.23. The van der Waals surface area contributed by atoms with Gasteiger partial charge in [0.15, 0.2) is 5.82 Å². The lowest BCUT2D eigenvalue weighted by atomic mass is 9.95. The molecule has 1 amide bonds. The molecule has 186 valence electrons. The number of piperidine rings is 1. The molecule has 1 saturated heterocycles. The van der Waals surface area contributed by atoms with Crippen LogP contribution >= 0.6 is 0 Å². The van der Waals surface area contributed by atoms with Gasteiger partial charge in [0.05, 0.1) is 23.8 Å². The van der Waals surface area contributed by atoms with Crippen molar-refractivity contribution < 1.29 is 9.21 Å².